The molecule has 2 aliphatic rings. The molecule has 27 heavy (non-hydrogen) atoms. The lowest BCUT2D eigenvalue weighted by molar-refractivity contribution is -0.121. The smallest absolute Gasteiger partial charge is 0.220 e. The van der Waals surface area contributed by atoms with Gasteiger partial charge in [0.2, 0.25) is 5.91 Å². The molecule has 0 saturated heterocycles. The van der Waals surface area contributed by atoms with Gasteiger partial charge < -0.3 is 20.7 Å². The van der Waals surface area contributed by atoms with E-state index in [4.69, 9.17) is 10.5 Å². The number of aliphatic imine (C=N–C) groups is 1. The highest BCUT2D eigenvalue weighted by Gasteiger charge is 2.19. The highest BCUT2D eigenvalue weighted by atomic mass is 16.5. The predicted molar refractivity (Wildman–Crippen MR) is 106 cm³/mol. The van der Waals surface area contributed by atoms with Gasteiger partial charge in [0.1, 0.15) is 5.75 Å². The number of amides is 1. The lowest BCUT2D eigenvalue weighted by Gasteiger charge is -2.28. The molecule has 2 aromatic carbocycles. The predicted octanol–water partition coefficient (Wildman–Crippen LogP) is 2.79. The van der Waals surface area contributed by atoms with E-state index in [1.807, 2.05) is 29.2 Å². The molecular formula is C21H24N4O2. The monoisotopic (exact) mass is 364 g/mol. The second-order valence-corrected chi connectivity index (χ2v) is 6.89. The number of benzene rings is 2. The first-order valence-corrected chi connectivity index (χ1v) is 9.41. The van der Waals surface area contributed by atoms with Gasteiger partial charge in [-0.3, -0.25) is 4.79 Å². The number of hydrogen-bond acceptors (Lipinski definition) is 5. The minimum atomic E-state index is 0.0673. The van der Waals surface area contributed by atoms with Crippen LogP contribution < -0.4 is 15.8 Å². The number of hydrogen-bond donors (Lipinski definition) is 2. The molecule has 0 unspecified atom stereocenters. The Balaban J connectivity index is 1.69. The van der Waals surface area contributed by atoms with Gasteiger partial charge in [-0.1, -0.05) is 24.3 Å². The third-order valence-corrected chi connectivity index (χ3v) is 4.96. The first kappa shape index (κ1) is 17.4. The van der Waals surface area contributed by atoms with Crippen LogP contribution in [0.3, 0.4) is 0 Å². The fourth-order valence-corrected chi connectivity index (χ4v) is 3.48. The van der Waals surface area contributed by atoms with E-state index in [0.29, 0.717) is 38.6 Å². The van der Waals surface area contributed by atoms with Crippen LogP contribution in [-0.4, -0.2) is 36.5 Å². The number of nitrogens with one attached hydrogen (secondary N) is 1. The fourth-order valence-electron chi connectivity index (χ4n) is 3.48. The van der Waals surface area contributed by atoms with Gasteiger partial charge in [-0.05, 0) is 42.2 Å². The van der Waals surface area contributed by atoms with Gasteiger partial charge in [0.15, 0.2) is 5.96 Å². The largest absolute Gasteiger partial charge is 0.493 e. The summed E-state index contributed by atoms with van der Waals surface area (Å²) in [6, 6.07) is 14.3. The Morgan fingerprint density at radius 3 is 2.96 bits per heavy atom. The topological polar surface area (TPSA) is 80.0 Å². The van der Waals surface area contributed by atoms with Crippen molar-refractivity contribution in [1.29, 1.82) is 0 Å². The molecule has 2 aliphatic heterocycles. The van der Waals surface area contributed by atoms with Crippen molar-refractivity contribution in [2.75, 3.05) is 19.7 Å². The molecule has 0 spiro atoms. The highest BCUT2D eigenvalue weighted by molar-refractivity contribution is 5.85. The summed E-state index contributed by atoms with van der Waals surface area (Å²) in [5.74, 6) is 1.43. The number of fused-ring (bicyclic) bond motifs is 4. The Morgan fingerprint density at radius 2 is 2.04 bits per heavy atom. The van der Waals surface area contributed by atoms with Crippen LogP contribution in [-0.2, 0) is 11.3 Å². The van der Waals surface area contributed by atoms with Crippen LogP contribution in [0.5, 0.6) is 5.75 Å². The first-order valence-electron chi connectivity index (χ1n) is 9.41. The van der Waals surface area contributed by atoms with Crippen LogP contribution in [0, 0.1) is 0 Å². The minimum Gasteiger partial charge on any atom is -0.493 e. The molecule has 6 nitrogen and oxygen atoms in total. The van der Waals surface area contributed by atoms with Crippen molar-refractivity contribution in [3.63, 3.8) is 0 Å². The second kappa shape index (κ2) is 7.70. The summed E-state index contributed by atoms with van der Waals surface area (Å²) in [7, 11) is 0. The van der Waals surface area contributed by atoms with Gasteiger partial charge in [0.05, 0.1) is 12.3 Å². The number of carbonyl (C=O) groups excluding carboxylic acids is 1. The average Bonchev–Trinajstić information content (AvgIpc) is 2.67. The molecular weight excluding hydrogens is 340 g/mol. The van der Waals surface area contributed by atoms with Gasteiger partial charge in [-0.25, -0.2) is 4.99 Å². The molecule has 0 radical (unpaired) electrons. The lowest BCUT2D eigenvalue weighted by Crippen LogP contribution is -2.43. The van der Waals surface area contributed by atoms with Crippen LogP contribution in [0.1, 0.15) is 24.8 Å². The third kappa shape index (κ3) is 3.89. The number of nitrogens with two attached hydrogens (primary N) is 1. The minimum absolute atomic E-state index is 0.0673. The van der Waals surface area contributed by atoms with Gasteiger partial charge in [0, 0.05) is 31.6 Å². The van der Waals surface area contributed by atoms with Crippen molar-refractivity contribution in [2.45, 2.75) is 25.8 Å². The molecule has 1 amide bonds. The van der Waals surface area contributed by atoms with Crippen LogP contribution in [0.25, 0.3) is 11.1 Å². The molecule has 0 atom stereocenters. The molecule has 140 valence electrons. The molecule has 2 aromatic rings. The van der Waals surface area contributed by atoms with E-state index in [2.05, 4.69) is 28.5 Å². The first-order chi connectivity index (χ1) is 13.2. The zero-order chi connectivity index (χ0) is 18.6. The Kier molecular flexibility index (Phi) is 4.96. The van der Waals surface area contributed by atoms with Gasteiger partial charge in [-0.2, -0.15) is 0 Å². The number of carbonyl (C=O) groups is 1. The van der Waals surface area contributed by atoms with Crippen molar-refractivity contribution >= 4 is 17.6 Å². The van der Waals surface area contributed by atoms with Crippen molar-refractivity contribution in [2.24, 2.45) is 10.7 Å². The number of para-hydroxylation sites is 1. The molecule has 3 N–H and O–H groups in total. The van der Waals surface area contributed by atoms with E-state index in [-0.39, 0.29) is 5.91 Å². The van der Waals surface area contributed by atoms with Gasteiger partial charge in [-0.15, -0.1) is 0 Å². The number of nitrogens with zero attached hydrogens (tertiary/aromatic N) is 2. The standard InChI is InChI=1S/C21H24N4O2/c22-21-24-18-9-8-15-13-16(18)14-25(21)11-10-23-20(26)7-3-4-12-27-19-6-2-1-5-17(15)19/h1-2,5-6,8-9,13H,3-4,7,10-12,14H2,(H2,22,24)(H,23,26). The number of ether oxygens (including phenoxy) is 1. The zero-order valence-corrected chi connectivity index (χ0v) is 15.3. The molecule has 0 fully saturated rings. The highest BCUT2D eigenvalue weighted by Crippen LogP contribution is 2.35. The van der Waals surface area contributed by atoms with E-state index >= 15 is 0 Å². The number of guanidine groups is 1. The second-order valence-electron chi connectivity index (χ2n) is 6.89. The average molecular weight is 364 g/mol. The normalized spacial score (nSPS) is 17.6. The van der Waals surface area contributed by atoms with Crippen molar-refractivity contribution in [1.82, 2.24) is 10.2 Å². The van der Waals surface area contributed by atoms with Crippen molar-refractivity contribution in [3.8, 4) is 16.9 Å². The van der Waals surface area contributed by atoms with E-state index in [1.54, 1.807) is 0 Å². The molecule has 6 heteroatoms. The van der Waals surface area contributed by atoms with Gasteiger partial charge >= 0.3 is 0 Å². The summed E-state index contributed by atoms with van der Waals surface area (Å²) >= 11 is 0. The molecule has 0 aromatic heterocycles. The molecule has 3 bridgehead atoms. The molecule has 4 rings (SSSR count). The van der Waals surface area contributed by atoms with E-state index in [1.165, 1.54) is 0 Å². The molecule has 2 heterocycles. The summed E-state index contributed by atoms with van der Waals surface area (Å²) in [6.07, 6.45) is 2.16. The maximum absolute atomic E-state index is 12.0. The summed E-state index contributed by atoms with van der Waals surface area (Å²) in [5, 5.41) is 2.96. The molecule has 0 saturated carbocycles. The summed E-state index contributed by atoms with van der Waals surface area (Å²) in [5.41, 5.74) is 10.3. The lowest BCUT2D eigenvalue weighted by atomic mass is 10.00. The van der Waals surface area contributed by atoms with Crippen molar-refractivity contribution < 1.29 is 9.53 Å². The van der Waals surface area contributed by atoms with E-state index in [9.17, 15) is 4.79 Å². The maximum atomic E-state index is 12.0. The Hall–Kier alpha value is -3.02. The van der Waals surface area contributed by atoms with Crippen LogP contribution in [0.15, 0.2) is 47.5 Å². The Bertz CT molecular complexity index is 878. The van der Waals surface area contributed by atoms with E-state index < -0.39 is 0 Å². The fraction of sp³-hybridized carbons (Fsp3) is 0.333. The quantitative estimate of drug-likeness (QED) is 0.753. The third-order valence-electron chi connectivity index (χ3n) is 4.96. The SMILES string of the molecule is NC1=Nc2ccc3cc2CN1CCNC(=O)CCCCOc1ccccc1-3. The van der Waals surface area contributed by atoms with E-state index in [0.717, 1.165) is 41.0 Å². The summed E-state index contributed by atoms with van der Waals surface area (Å²) in [6.45, 7) is 2.48. The van der Waals surface area contributed by atoms with Crippen molar-refractivity contribution in [3.05, 3.63) is 48.0 Å². The maximum Gasteiger partial charge on any atom is 0.220 e. The summed E-state index contributed by atoms with van der Waals surface area (Å²) < 4.78 is 6.01. The summed E-state index contributed by atoms with van der Waals surface area (Å²) in [4.78, 5) is 18.5. The van der Waals surface area contributed by atoms with Crippen LogP contribution in [0.4, 0.5) is 5.69 Å². The van der Waals surface area contributed by atoms with Crippen LogP contribution in [0.2, 0.25) is 0 Å². The Labute approximate surface area is 159 Å². The van der Waals surface area contributed by atoms with Crippen LogP contribution >= 0.6 is 0 Å². The zero-order valence-electron chi connectivity index (χ0n) is 15.3. The molecule has 0 aliphatic carbocycles. The number of rotatable bonds is 0. The Morgan fingerprint density at radius 1 is 1.15 bits per heavy atom. The van der Waals surface area contributed by atoms with Gasteiger partial charge in [0.25, 0.3) is 0 Å².